The van der Waals surface area contributed by atoms with Crippen LogP contribution in [0.5, 0.6) is 17.4 Å². The van der Waals surface area contributed by atoms with Crippen LogP contribution < -0.4 is 14.2 Å². The van der Waals surface area contributed by atoms with Crippen molar-refractivity contribution in [3.63, 3.8) is 0 Å². The maximum absolute atomic E-state index is 11.7. The maximum atomic E-state index is 11.7. The van der Waals surface area contributed by atoms with Crippen LogP contribution in [0.3, 0.4) is 0 Å². The third-order valence-electron chi connectivity index (χ3n) is 7.79. The Bertz CT molecular complexity index is 1690. The second-order valence-corrected chi connectivity index (χ2v) is 11.7. The standard InChI is InChI=1S/C35H34Cl2N4O4/c1-24-27(23-45-33-17-32(28(21-42)16-31(33)36)44-22-26-15-25(18-38)19-39-20-26)7-5-8-29(24)30-9-10-40-35(34(30)37)43-14-6-13-41-11-3-2-4-12-41/h5,7-10,15-17,19-21H,2-4,6,11-14,22-23H2,1H3. The van der Waals surface area contributed by atoms with Crippen LogP contribution >= 0.6 is 23.2 Å². The van der Waals surface area contributed by atoms with Crippen LogP contribution in [0.2, 0.25) is 10.0 Å². The highest BCUT2D eigenvalue weighted by atomic mass is 35.5. The molecule has 0 unspecified atom stereocenters. The highest BCUT2D eigenvalue weighted by Gasteiger charge is 2.17. The normalized spacial score (nSPS) is 13.2. The lowest BCUT2D eigenvalue weighted by Gasteiger charge is -2.26. The van der Waals surface area contributed by atoms with Gasteiger partial charge in [-0.15, -0.1) is 0 Å². The highest BCUT2D eigenvalue weighted by Crippen LogP contribution is 2.37. The Morgan fingerprint density at radius 1 is 0.978 bits per heavy atom. The minimum Gasteiger partial charge on any atom is -0.488 e. The summed E-state index contributed by atoms with van der Waals surface area (Å²) in [4.78, 5) is 22.7. The Morgan fingerprint density at radius 2 is 1.80 bits per heavy atom. The number of hydrogen-bond acceptors (Lipinski definition) is 8. The number of aldehydes is 1. The van der Waals surface area contributed by atoms with E-state index in [1.807, 2.05) is 31.2 Å². The van der Waals surface area contributed by atoms with Crippen LogP contribution in [0.25, 0.3) is 11.1 Å². The number of carbonyl (C=O) groups is 1. The first-order chi connectivity index (χ1) is 22.0. The Balaban J connectivity index is 1.26. The van der Waals surface area contributed by atoms with Crippen LogP contribution in [-0.4, -0.2) is 47.4 Å². The Kier molecular flexibility index (Phi) is 11.3. The molecule has 232 valence electrons. The van der Waals surface area contributed by atoms with Crippen molar-refractivity contribution in [2.24, 2.45) is 0 Å². The lowest BCUT2D eigenvalue weighted by atomic mass is 9.97. The van der Waals surface area contributed by atoms with E-state index >= 15 is 0 Å². The molecule has 2 aromatic carbocycles. The van der Waals surface area contributed by atoms with Crippen molar-refractivity contribution in [1.82, 2.24) is 14.9 Å². The number of halogens is 2. The third kappa shape index (κ3) is 8.31. The van der Waals surface area contributed by atoms with Crippen molar-refractivity contribution >= 4 is 29.5 Å². The molecule has 0 atom stereocenters. The molecule has 0 aliphatic carbocycles. The summed E-state index contributed by atoms with van der Waals surface area (Å²) in [7, 11) is 0. The number of pyridine rings is 2. The molecule has 1 aliphatic rings. The fraction of sp³-hybridized carbons (Fsp3) is 0.314. The quantitative estimate of drug-likeness (QED) is 0.107. The maximum Gasteiger partial charge on any atom is 0.233 e. The largest absolute Gasteiger partial charge is 0.488 e. The molecular formula is C35H34Cl2N4O4. The second-order valence-electron chi connectivity index (χ2n) is 10.9. The first-order valence-corrected chi connectivity index (χ1v) is 15.7. The number of likely N-dealkylation sites (tertiary alicyclic amines) is 1. The predicted octanol–water partition coefficient (Wildman–Crippen LogP) is 7.86. The van der Waals surface area contributed by atoms with Gasteiger partial charge >= 0.3 is 0 Å². The van der Waals surface area contributed by atoms with E-state index in [0.29, 0.717) is 46.4 Å². The monoisotopic (exact) mass is 644 g/mol. The molecule has 1 saturated heterocycles. The van der Waals surface area contributed by atoms with Gasteiger partial charge in [0.05, 0.1) is 22.8 Å². The van der Waals surface area contributed by atoms with Crippen LogP contribution in [0.1, 0.15) is 58.3 Å². The van der Waals surface area contributed by atoms with Gasteiger partial charge in [-0.3, -0.25) is 9.78 Å². The van der Waals surface area contributed by atoms with Crippen molar-refractivity contribution in [2.45, 2.75) is 45.8 Å². The first-order valence-electron chi connectivity index (χ1n) is 14.9. The summed E-state index contributed by atoms with van der Waals surface area (Å²) in [6, 6.07) is 14.7. The molecule has 2 aromatic heterocycles. The van der Waals surface area contributed by atoms with Gasteiger partial charge in [0.25, 0.3) is 0 Å². The van der Waals surface area contributed by atoms with Crippen molar-refractivity contribution in [3.05, 3.63) is 98.9 Å². The zero-order valence-corrected chi connectivity index (χ0v) is 26.6. The summed E-state index contributed by atoms with van der Waals surface area (Å²) in [5, 5.41) is 9.89. The summed E-state index contributed by atoms with van der Waals surface area (Å²) < 4.78 is 18.0. The molecule has 0 saturated carbocycles. The smallest absolute Gasteiger partial charge is 0.233 e. The van der Waals surface area contributed by atoms with Crippen LogP contribution in [0.4, 0.5) is 0 Å². The molecule has 0 bridgehead atoms. The minimum atomic E-state index is 0.114. The summed E-state index contributed by atoms with van der Waals surface area (Å²) >= 11 is 13.3. The zero-order chi connectivity index (χ0) is 31.6. The van der Waals surface area contributed by atoms with E-state index in [0.717, 1.165) is 48.3 Å². The predicted molar refractivity (Wildman–Crippen MR) is 174 cm³/mol. The number of benzene rings is 2. The lowest BCUT2D eigenvalue weighted by molar-refractivity contribution is 0.111. The van der Waals surface area contributed by atoms with Crippen molar-refractivity contribution in [2.75, 3.05) is 26.2 Å². The fourth-order valence-corrected chi connectivity index (χ4v) is 5.82. The van der Waals surface area contributed by atoms with Gasteiger partial charge in [-0.05, 0) is 74.2 Å². The molecule has 1 aliphatic heterocycles. The van der Waals surface area contributed by atoms with E-state index < -0.39 is 0 Å². The number of hydrogen-bond donors (Lipinski definition) is 0. The Hall–Kier alpha value is -4.16. The van der Waals surface area contributed by atoms with Gasteiger partial charge in [-0.1, -0.05) is 47.8 Å². The van der Waals surface area contributed by atoms with Gasteiger partial charge in [0.2, 0.25) is 5.88 Å². The van der Waals surface area contributed by atoms with E-state index in [4.69, 9.17) is 42.7 Å². The summed E-state index contributed by atoms with van der Waals surface area (Å²) in [5.41, 5.74) is 5.09. The van der Waals surface area contributed by atoms with Gasteiger partial charge in [0, 0.05) is 42.3 Å². The van der Waals surface area contributed by atoms with Crippen LogP contribution in [0.15, 0.2) is 61.1 Å². The van der Waals surface area contributed by atoms with Crippen LogP contribution in [-0.2, 0) is 13.2 Å². The second kappa shape index (κ2) is 15.7. The molecule has 4 aromatic rings. The molecular weight excluding hydrogens is 611 g/mol. The molecule has 3 heterocycles. The van der Waals surface area contributed by atoms with Crippen LogP contribution in [0, 0.1) is 18.3 Å². The number of ether oxygens (including phenoxy) is 3. The average Bonchev–Trinajstić information content (AvgIpc) is 3.07. The van der Waals surface area contributed by atoms with Gasteiger partial charge in [-0.2, -0.15) is 5.26 Å². The number of rotatable bonds is 13. The lowest BCUT2D eigenvalue weighted by Crippen LogP contribution is -2.31. The summed E-state index contributed by atoms with van der Waals surface area (Å²) in [6.45, 7) is 6.24. The molecule has 0 radical (unpaired) electrons. The molecule has 0 N–H and O–H groups in total. The average molecular weight is 646 g/mol. The Labute approximate surface area is 273 Å². The van der Waals surface area contributed by atoms with E-state index in [-0.39, 0.29) is 23.8 Å². The van der Waals surface area contributed by atoms with E-state index in [9.17, 15) is 4.79 Å². The van der Waals surface area contributed by atoms with Gasteiger partial charge in [0.15, 0.2) is 6.29 Å². The molecule has 8 nitrogen and oxygen atoms in total. The van der Waals surface area contributed by atoms with Crippen molar-refractivity contribution in [1.29, 1.82) is 5.26 Å². The number of nitrogens with zero attached hydrogens (tertiary/aromatic N) is 4. The highest BCUT2D eigenvalue weighted by molar-refractivity contribution is 6.34. The molecule has 5 rings (SSSR count). The zero-order valence-electron chi connectivity index (χ0n) is 25.1. The summed E-state index contributed by atoms with van der Waals surface area (Å²) in [6.07, 6.45) is 10.2. The molecule has 45 heavy (non-hydrogen) atoms. The van der Waals surface area contributed by atoms with Gasteiger partial charge < -0.3 is 19.1 Å². The minimum absolute atomic E-state index is 0.114. The Morgan fingerprint density at radius 3 is 2.60 bits per heavy atom. The number of piperidine rings is 1. The molecule has 0 spiro atoms. The first kappa shape index (κ1) is 32.2. The molecule has 0 amide bonds. The third-order valence-corrected chi connectivity index (χ3v) is 8.45. The van der Waals surface area contributed by atoms with Gasteiger partial charge in [-0.25, -0.2) is 4.98 Å². The van der Waals surface area contributed by atoms with E-state index in [1.54, 1.807) is 24.5 Å². The van der Waals surface area contributed by atoms with E-state index in [2.05, 4.69) is 20.9 Å². The molecule has 1 fully saturated rings. The van der Waals surface area contributed by atoms with Gasteiger partial charge in [0.1, 0.15) is 35.8 Å². The number of nitriles is 1. The number of carbonyl (C=O) groups excluding carboxylic acids is 1. The molecule has 10 heteroatoms. The number of aromatic nitrogens is 2. The topological polar surface area (TPSA) is 97.6 Å². The summed E-state index contributed by atoms with van der Waals surface area (Å²) in [5.74, 6) is 1.11. The van der Waals surface area contributed by atoms with Crippen molar-refractivity contribution < 1.29 is 19.0 Å². The fourth-order valence-electron chi connectivity index (χ4n) is 5.33. The van der Waals surface area contributed by atoms with Crippen molar-refractivity contribution in [3.8, 4) is 34.6 Å². The SMILES string of the molecule is Cc1c(COc2cc(OCc3cncc(C#N)c3)c(C=O)cc2Cl)cccc1-c1ccnc(OCCCN2CCCCC2)c1Cl. The van der Waals surface area contributed by atoms with E-state index in [1.165, 1.54) is 31.5 Å².